The number of carbonyl (C=O) groups excluding carboxylic acids is 1. The number of rotatable bonds is 3. The molecule has 0 atom stereocenters. The molecule has 0 radical (unpaired) electrons. The van der Waals surface area contributed by atoms with Gasteiger partial charge in [-0.25, -0.2) is 0 Å². The maximum atomic E-state index is 8.89. The molecule has 0 heterocycles. The van der Waals surface area contributed by atoms with Crippen LogP contribution in [-0.2, 0) is 4.79 Å². The summed E-state index contributed by atoms with van der Waals surface area (Å²) in [4.78, 5) is 11.3. The zero-order valence-electron chi connectivity index (χ0n) is 8.89. The van der Waals surface area contributed by atoms with Crippen LogP contribution in [0.25, 0.3) is 0 Å². The zero-order valence-corrected chi connectivity index (χ0v) is 12.0. The molecule has 0 fully saturated rings. The molecule has 0 aromatic carbocycles. The number of hydrogen-bond acceptors (Lipinski definition) is 3. The molecule has 68 valence electrons. The maximum Gasteiger partial charge on any atom is 1.00 e. The summed E-state index contributed by atoms with van der Waals surface area (Å²) in [5.74, 6) is -1.08. The predicted octanol–water partition coefficient (Wildman–Crippen LogP) is -2.89. The van der Waals surface area contributed by atoms with Crippen LogP contribution < -0.4 is 56.5 Å². The van der Waals surface area contributed by atoms with E-state index in [0.717, 1.165) is 6.92 Å². The number of carboxylic acid groups (broad SMARTS) is 1. The van der Waals surface area contributed by atoms with E-state index >= 15 is 0 Å². The zero-order chi connectivity index (χ0) is 9.28. The molecule has 4 heteroatoms. The molecule has 0 spiro atoms. The Morgan fingerprint density at radius 2 is 1.33 bits per heavy atom. The predicted molar refractivity (Wildman–Crippen MR) is 44.1 cm³/mol. The summed E-state index contributed by atoms with van der Waals surface area (Å²) in [6.07, 6.45) is 0. The number of hydrogen-bond donors (Lipinski definition) is 0. The van der Waals surface area contributed by atoms with Crippen LogP contribution in [0.3, 0.4) is 0 Å². The van der Waals surface area contributed by atoms with Crippen LogP contribution in [0.4, 0.5) is 0 Å². The van der Waals surface area contributed by atoms with Gasteiger partial charge in [0.2, 0.25) is 0 Å². The Balaban J connectivity index is -0.000000142. The summed E-state index contributed by atoms with van der Waals surface area (Å²) in [7, 11) is 0. The molecule has 0 unspecified atom stereocenters. The van der Waals surface area contributed by atoms with E-state index in [-0.39, 0.29) is 51.4 Å². The third-order valence-electron chi connectivity index (χ3n) is 1.34. The third kappa shape index (κ3) is 22.5. The monoisotopic (exact) mass is 199 g/mol. The maximum absolute atomic E-state index is 8.89. The Morgan fingerprint density at radius 1 is 1.17 bits per heavy atom. The molecule has 0 aromatic rings. The Kier molecular flexibility index (Phi) is 22.8. The summed E-state index contributed by atoms with van der Waals surface area (Å²) in [6.45, 7) is 11.1. The van der Waals surface area contributed by atoms with Gasteiger partial charge in [0, 0.05) is 5.97 Å². The van der Waals surface area contributed by atoms with Gasteiger partial charge in [-0.05, 0) is 26.6 Å². The molecule has 12 heavy (non-hydrogen) atoms. The Hall–Kier alpha value is 1.07. The van der Waals surface area contributed by atoms with Gasteiger partial charge in [-0.15, -0.1) is 0 Å². The van der Waals surface area contributed by atoms with E-state index in [9.17, 15) is 0 Å². The molecular weight excluding hydrogens is 181 g/mol. The third-order valence-corrected chi connectivity index (χ3v) is 1.34. The molecule has 3 nitrogen and oxygen atoms in total. The quantitative estimate of drug-likeness (QED) is 0.458. The fraction of sp³-hybridized carbons (Fsp3) is 0.875. The van der Waals surface area contributed by atoms with E-state index in [1.165, 1.54) is 19.6 Å². The number of carboxylic acids is 1. The first kappa shape index (κ1) is 18.8. The Bertz CT molecular complexity index is 85.5. The van der Waals surface area contributed by atoms with Gasteiger partial charge in [0.25, 0.3) is 0 Å². The van der Waals surface area contributed by atoms with E-state index in [2.05, 4.69) is 25.7 Å². The van der Waals surface area contributed by atoms with Gasteiger partial charge in [0.1, 0.15) is 0 Å². The molecular formula is C8H18KNO2. The summed E-state index contributed by atoms with van der Waals surface area (Å²) in [5, 5.41) is 8.89. The van der Waals surface area contributed by atoms with E-state index in [1.807, 2.05) is 0 Å². The van der Waals surface area contributed by atoms with Crippen LogP contribution >= 0.6 is 0 Å². The molecule has 0 aliphatic carbocycles. The van der Waals surface area contributed by atoms with Crippen LogP contribution in [0.5, 0.6) is 0 Å². The van der Waals surface area contributed by atoms with Crippen LogP contribution in [0.1, 0.15) is 27.7 Å². The summed E-state index contributed by atoms with van der Waals surface area (Å²) < 4.78 is 0. The normalized spacial score (nSPS) is 8.08. The molecule has 0 amide bonds. The molecule has 0 bridgehead atoms. The van der Waals surface area contributed by atoms with Crippen molar-refractivity contribution in [3.63, 3.8) is 0 Å². The van der Waals surface area contributed by atoms with Crippen molar-refractivity contribution in [2.24, 2.45) is 0 Å². The smallest absolute Gasteiger partial charge is 0.550 e. The van der Waals surface area contributed by atoms with Gasteiger partial charge < -0.3 is 14.8 Å². The first-order chi connectivity index (χ1) is 5.08. The minimum Gasteiger partial charge on any atom is -0.550 e. The second-order valence-electron chi connectivity index (χ2n) is 2.11. The fourth-order valence-electron chi connectivity index (χ4n) is 0.671. The minimum atomic E-state index is -1.08. The first-order valence-electron chi connectivity index (χ1n) is 3.98. The van der Waals surface area contributed by atoms with Crippen molar-refractivity contribution in [2.45, 2.75) is 27.7 Å². The number of nitrogens with zero attached hydrogens (tertiary/aromatic N) is 1. The van der Waals surface area contributed by atoms with Crippen LogP contribution in [0.2, 0.25) is 0 Å². The van der Waals surface area contributed by atoms with Gasteiger partial charge >= 0.3 is 51.4 Å². The van der Waals surface area contributed by atoms with Gasteiger partial charge in [0.15, 0.2) is 0 Å². The van der Waals surface area contributed by atoms with Crippen LogP contribution in [-0.4, -0.2) is 30.5 Å². The van der Waals surface area contributed by atoms with Crippen molar-refractivity contribution in [3.05, 3.63) is 0 Å². The topological polar surface area (TPSA) is 43.4 Å². The number of carbonyl (C=O) groups is 1. The van der Waals surface area contributed by atoms with Crippen molar-refractivity contribution >= 4 is 5.97 Å². The van der Waals surface area contributed by atoms with Crippen molar-refractivity contribution in [1.29, 1.82) is 0 Å². The summed E-state index contributed by atoms with van der Waals surface area (Å²) in [6, 6.07) is 0. The number of aliphatic carboxylic acids is 1. The Morgan fingerprint density at radius 3 is 1.33 bits per heavy atom. The van der Waals surface area contributed by atoms with Crippen molar-refractivity contribution in [3.8, 4) is 0 Å². The van der Waals surface area contributed by atoms with Gasteiger partial charge in [-0.2, -0.15) is 0 Å². The van der Waals surface area contributed by atoms with E-state index in [0.29, 0.717) is 0 Å². The van der Waals surface area contributed by atoms with E-state index < -0.39 is 5.97 Å². The van der Waals surface area contributed by atoms with Crippen molar-refractivity contribution in [1.82, 2.24) is 4.90 Å². The molecule has 0 aliphatic rings. The molecule has 0 saturated heterocycles. The second kappa shape index (κ2) is 14.6. The minimum absolute atomic E-state index is 0. The molecule has 0 aliphatic heterocycles. The van der Waals surface area contributed by atoms with Gasteiger partial charge in [-0.3, -0.25) is 0 Å². The second-order valence-corrected chi connectivity index (χ2v) is 2.11. The van der Waals surface area contributed by atoms with Crippen LogP contribution in [0.15, 0.2) is 0 Å². The van der Waals surface area contributed by atoms with E-state index in [1.54, 1.807) is 0 Å². The molecule has 0 N–H and O–H groups in total. The standard InChI is InChI=1S/C6H15N.C2H4O2.K/c1-4-7(5-2)6-3;1-2(3)4;/h4-6H2,1-3H3;1H3,(H,3,4);/q;;+1/p-1. The van der Waals surface area contributed by atoms with Crippen molar-refractivity contribution < 1.29 is 61.3 Å². The molecule has 0 aromatic heterocycles. The van der Waals surface area contributed by atoms with Gasteiger partial charge in [-0.1, -0.05) is 20.8 Å². The van der Waals surface area contributed by atoms with Crippen LogP contribution in [0, 0.1) is 0 Å². The average molecular weight is 199 g/mol. The average Bonchev–Trinajstić information content (AvgIpc) is 1.90. The van der Waals surface area contributed by atoms with Gasteiger partial charge in [0.05, 0.1) is 0 Å². The molecule has 0 saturated carbocycles. The SMILES string of the molecule is CC(=O)[O-].CCN(CC)CC.[K+]. The summed E-state index contributed by atoms with van der Waals surface area (Å²) >= 11 is 0. The van der Waals surface area contributed by atoms with Crippen molar-refractivity contribution in [2.75, 3.05) is 19.6 Å². The Labute approximate surface area is 118 Å². The summed E-state index contributed by atoms with van der Waals surface area (Å²) in [5.41, 5.74) is 0. The largest absolute Gasteiger partial charge is 1.00 e. The fourth-order valence-corrected chi connectivity index (χ4v) is 0.671. The molecule has 0 rings (SSSR count). The van der Waals surface area contributed by atoms with E-state index in [4.69, 9.17) is 9.90 Å². The first-order valence-corrected chi connectivity index (χ1v) is 3.98.